The van der Waals surface area contributed by atoms with Crippen LogP contribution in [0.4, 0.5) is 23.0 Å². The van der Waals surface area contributed by atoms with Crippen LogP contribution in [-0.4, -0.2) is 28.0 Å². The van der Waals surface area contributed by atoms with Crippen molar-refractivity contribution >= 4 is 34.6 Å². The van der Waals surface area contributed by atoms with Crippen molar-refractivity contribution in [2.24, 2.45) is 0 Å². The molecule has 0 aliphatic heterocycles. The zero-order chi connectivity index (χ0) is 16.1. The zero-order valence-electron chi connectivity index (χ0n) is 12.3. The molecule has 1 aromatic heterocycles. The fraction of sp³-hybridized carbons (Fsp3) is 0.286. The van der Waals surface area contributed by atoms with Crippen LogP contribution >= 0.6 is 11.6 Å². The molecular formula is C14H16ClN5O2. The minimum atomic E-state index is -0.466. The number of nitrogens with zero attached hydrogens (tertiary/aromatic N) is 4. The fourth-order valence-corrected chi connectivity index (χ4v) is 2.18. The predicted molar refractivity (Wildman–Crippen MR) is 87.0 cm³/mol. The van der Waals surface area contributed by atoms with Crippen molar-refractivity contribution in [1.29, 1.82) is 0 Å². The number of rotatable bonds is 6. The van der Waals surface area contributed by atoms with Crippen LogP contribution in [0.5, 0.6) is 0 Å². The minimum absolute atomic E-state index is 0.138. The van der Waals surface area contributed by atoms with Gasteiger partial charge in [0.05, 0.1) is 4.92 Å². The molecule has 7 nitrogen and oxygen atoms in total. The Morgan fingerprint density at radius 3 is 2.41 bits per heavy atom. The summed E-state index contributed by atoms with van der Waals surface area (Å²) in [5.74, 6) is 0.464. The number of benzene rings is 1. The smallest absolute Gasteiger partial charge is 0.351 e. The molecule has 116 valence electrons. The summed E-state index contributed by atoms with van der Waals surface area (Å²) in [4.78, 5) is 20.9. The topological polar surface area (TPSA) is 84.2 Å². The molecule has 0 bridgehead atoms. The molecule has 0 saturated heterocycles. The summed E-state index contributed by atoms with van der Waals surface area (Å²) in [5, 5.41) is 15.0. The van der Waals surface area contributed by atoms with E-state index in [2.05, 4.69) is 15.3 Å². The third-order valence-electron chi connectivity index (χ3n) is 3.16. The van der Waals surface area contributed by atoms with Gasteiger partial charge in [-0.25, -0.2) is 9.97 Å². The normalized spacial score (nSPS) is 10.3. The number of hydrogen-bond donors (Lipinski definition) is 1. The van der Waals surface area contributed by atoms with Gasteiger partial charge < -0.3 is 10.2 Å². The number of nitrogens with one attached hydrogen (secondary N) is 1. The van der Waals surface area contributed by atoms with Crippen molar-refractivity contribution in [2.45, 2.75) is 13.8 Å². The maximum Gasteiger partial charge on any atom is 0.353 e. The van der Waals surface area contributed by atoms with Gasteiger partial charge in [0.1, 0.15) is 6.33 Å². The molecular weight excluding hydrogens is 306 g/mol. The van der Waals surface area contributed by atoms with E-state index >= 15 is 0 Å². The highest BCUT2D eigenvalue weighted by molar-refractivity contribution is 6.30. The van der Waals surface area contributed by atoms with Crippen LogP contribution < -0.4 is 10.2 Å². The molecule has 1 heterocycles. The molecule has 1 N–H and O–H groups in total. The quantitative estimate of drug-likeness (QED) is 0.646. The van der Waals surface area contributed by atoms with E-state index in [0.717, 1.165) is 0 Å². The third kappa shape index (κ3) is 3.43. The van der Waals surface area contributed by atoms with Gasteiger partial charge in [0.15, 0.2) is 0 Å². The van der Waals surface area contributed by atoms with E-state index in [0.29, 0.717) is 29.6 Å². The average Bonchev–Trinajstić information content (AvgIpc) is 2.51. The van der Waals surface area contributed by atoms with Gasteiger partial charge in [-0.1, -0.05) is 11.6 Å². The van der Waals surface area contributed by atoms with Crippen molar-refractivity contribution in [3.8, 4) is 0 Å². The maximum absolute atomic E-state index is 11.5. The molecule has 0 saturated carbocycles. The first-order chi connectivity index (χ1) is 10.6. The van der Waals surface area contributed by atoms with Gasteiger partial charge in [0, 0.05) is 23.8 Å². The molecule has 0 fully saturated rings. The Morgan fingerprint density at radius 2 is 1.86 bits per heavy atom. The highest BCUT2D eigenvalue weighted by Crippen LogP contribution is 2.33. The second-order valence-electron chi connectivity index (χ2n) is 4.46. The first kappa shape index (κ1) is 16.0. The lowest BCUT2D eigenvalue weighted by molar-refractivity contribution is -0.383. The van der Waals surface area contributed by atoms with E-state index in [1.165, 1.54) is 6.33 Å². The summed E-state index contributed by atoms with van der Waals surface area (Å²) in [5.41, 5.74) is 0.526. The summed E-state index contributed by atoms with van der Waals surface area (Å²) in [7, 11) is 0. The van der Waals surface area contributed by atoms with Gasteiger partial charge in [-0.2, -0.15) is 0 Å². The number of hydrogen-bond acceptors (Lipinski definition) is 6. The molecule has 8 heteroatoms. The highest BCUT2D eigenvalue weighted by atomic mass is 35.5. The van der Waals surface area contributed by atoms with E-state index in [1.807, 2.05) is 18.7 Å². The lowest BCUT2D eigenvalue weighted by atomic mass is 10.3. The molecule has 0 unspecified atom stereocenters. The number of nitro groups is 1. The maximum atomic E-state index is 11.5. The van der Waals surface area contributed by atoms with E-state index in [-0.39, 0.29) is 11.5 Å². The number of halogens is 1. The molecule has 2 aromatic rings. The second-order valence-corrected chi connectivity index (χ2v) is 4.89. The van der Waals surface area contributed by atoms with Gasteiger partial charge in [0.25, 0.3) is 0 Å². The summed E-state index contributed by atoms with van der Waals surface area (Å²) < 4.78 is 0. The average molecular weight is 322 g/mol. The van der Waals surface area contributed by atoms with Gasteiger partial charge in [0.2, 0.25) is 11.6 Å². The van der Waals surface area contributed by atoms with E-state index in [1.54, 1.807) is 24.3 Å². The van der Waals surface area contributed by atoms with Crippen molar-refractivity contribution in [3.63, 3.8) is 0 Å². The molecule has 1 aromatic carbocycles. The standard InChI is InChI=1S/C14H16ClN5O2/c1-3-19(4-2)14-12(20(21)22)13(16-9-17-14)18-11-7-5-10(15)6-8-11/h5-9H,3-4H2,1-2H3,(H,16,17,18). The van der Waals surface area contributed by atoms with Crippen LogP contribution in [0, 0.1) is 10.1 Å². The van der Waals surface area contributed by atoms with Crippen molar-refractivity contribution < 1.29 is 4.92 Å². The Bertz CT molecular complexity index is 659. The van der Waals surface area contributed by atoms with Crippen LogP contribution in [0.1, 0.15) is 13.8 Å². The Labute approximate surface area is 133 Å². The van der Waals surface area contributed by atoms with Crippen molar-refractivity contribution in [3.05, 3.63) is 45.7 Å². The van der Waals surface area contributed by atoms with E-state index in [4.69, 9.17) is 11.6 Å². The monoisotopic (exact) mass is 321 g/mol. The van der Waals surface area contributed by atoms with Gasteiger partial charge in [-0.3, -0.25) is 10.1 Å². The van der Waals surface area contributed by atoms with Gasteiger partial charge in [-0.15, -0.1) is 0 Å². The summed E-state index contributed by atoms with van der Waals surface area (Å²) in [6, 6.07) is 6.85. The molecule has 0 amide bonds. The van der Waals surface area contributed by atoms with Gasteiger partial charge in [-0.05, 0) is 38.1 Å². The van der Waals surface area contributed by atoms with Crippen LogP contribution in [0.3, 0.4) is 0 Å². The predicted octanol–water partition coefficient (Wildman–Crippen LogP) is 3.63. The highest BCUT2D eigenvalue weighted by Gasteiger charge is 2.25. The van der Waals surface area contributed by atoms with Crippen molar-refractivity contribution in [1.82, 2.24) is 9.97 Å². The SMILES string of the molecule is CCN(CC)c1ncnc(Nc2ccc(Cl)cc2)c1[N+](=O)[O-]. The first-order valence-electron chi connectivity index (χ1n) is 6.83. The Morgan fingerprint density at radius 1 is 1.23 bits per heavy atom. The molecule has 0 aliphatic rings. The summed E-state index contributed by atoms with van der Waals surface area (Å²) in [6.07, 6.45) is 1.32. The van der Waals surface area contributed by atoms with Crippen LogP contribution in [0.15, 0.2) is 30.6 Å². The Balaban J connectivity index is 2.44. The van der Waals surface area contributed by atoms with Crippen LogP contribution in [0.2, 0.25) is 5.02 Å². The molecule has 0 spiro atoms. The second kappa shape index (κ2) is 7.04. The van der Waals surface area contributed by atoms with Crippen LogP contribution in [0.25, 0.3) is 0 Å². The van der Waals surface area contributed by atoms with E-state index in [9.17, 15) is 10.1 Å². The molecule has 22 heavy (non-hydrogen) atoms. The largest absolute Gasteiger partial charge is 0.353 e. The molecule has 0 radical (unpaired) electrons. The van der Waals surface area contributed by atoms with Crippen molar-refractivity contribution in [2.75, 3.05) is 23.3 Å². The van der Waals surface area contributed by atoms with Crippen LogP contribution in [-0.2, 0) is 0 Å². The lowest BCUT2D eigenvalue weighted by Gasteiger charge is -2.20. The molecule has 0 atom stereocenters. The number of aromatic nitrogens is 2. The number of anilines is 3. The third-order valence-corrected chi connectivity index (χ3v) is 3.41. The van der Waals surface area contributed by atoms with E-state index < -0.39 is 4.92 Å². The lowest BCUT2D eigenvalue weighted by Crippen LogP contribution is -2.24. The summed E-state index contributed by atoms with van der Waals surface area (Å²) >= 11 is 5.83. The molecule has 0 aliphatic carbocycles. The van der Waals surface area contributed by atoms with Gasteiger partial charge >= 0.3 is 5.69 Å². The minimum Gasteiger partial charge on any atom is -0.351 e. The first-order valence-corrected chi connectivity index (χ1v) is 7.21. The molecule has 2 rings (SSSR count). The Hall–Kier alpha value is -2.41. The fourth-order valence-electron chi connectivity index (χ4n) is 2.05. The Kier molecular flexibility index (Phi) is 5.11. The summed E-state index contributed by atoms with van der Waals surface area (Å²) in [6.45, 7) is 5.08. The zero-order valence-corrected chi connectivity index (χ0v) is 13.0.